The molecule has 1 unspecified atom stereocenters. The molecular weight excluding hydrogens is 238 g/mol. The van der Waals surface area contributed by atoms with Crippen LogP contribution < -0.4 is 10.2 Å². The Morgan fingerprint density at radius 1 is 1.32 bits per heavy atom. The summed E-state index contributed by atoms with van der Waals surface area (Å²) in [7, 11) is 1.73. The molecule has 1 aromatic heterocycles. The van der Waals surface area contributed by atoms with Crippen LogP contribution in [0, 0.1) is 0 Å². The molecule has 0 aliphatic carbocycles. The predicted octanol–water partition coefficient (Wildman–Crippen LogP) is 2.61. The highest BCUT2D eigenvalue weighted by Crippen LogP contribution is 2.18. The summed E-state index contributed by atoms with van der Waals surface area (Å²) in [5.41, 5.74) is 2.28. The van der Waals surface area contributed by atoms with Gasteiger partial charge in [0, 0.05) is 26.2 Å². The molecule has 0 saturated carbocycles. The van der Waals surface area contributed by atoms with Crippen LogP contribution in [0.25, 0.3) is 0 Å². The molecule has 1 heterocycles. The van der Waals surface area contributed by atoms with E-state index in [1.54, 1.807) is 7.11 Å². The van der Waals surface area contributed by atoms with Crippen molar-refractivity contribution in [3.8, 4) is 0 Å². The fourth-order valence-corrected chi connectivity index (χ4v) is 2.17. The van der Waals surface area contributed by atoms with Gasteiger partial charge in [0.25, 0.3) is 0 Å². The molecule has 0 aromatic carbocycles. The van der Waals surface area contributed by atoms with E-state index in [9.17, 15) is 0 Å². The number of rotatable bonds is 9. The SMILES string of the molecule is CCNC(CC)c1ccc(N(CC)CCOC)cn1. The van der Waals surface area contributed by atoms with Crippen molar-refractivity contribution in [1.29, 1.82) is 0 Å². The molecule has 1 aromatic rings. The van der Waals surface area contributed by atoms with Crippen molar-refractivity contribution in [3.05, 3.63) is 24.0 Å². The van der Waals surface area contributed by atoms with Crippen LogP contribution in [-0.4, -0.2) is 38.3 Å². The van der Waals surface area contributed by atoms with E-state index in [0.717, 1.165) is 44.0 Å². The average Bonchev–Trinajstić information content (AvgIpc) is 2.46. The van der Waals surface area contributed by atoms with Gasteiger partial charge in [0.15, 0.2) is 0 Å². The Bertz CT molecular complexity index is 340. The van der Waals surface area contributed by atoms with Crippen molar-refractivity contribution in [2.24, 2.45) is 0 Å². The normalized spacial score (nSPS) is 12.4. The highest BCUT2D eigenvalue weighted by atomic mass is 16.5. The smallest absolute Gasteiger partial charge is 0.0637 e. The highest BCUT2D eigenvalue weighted by Gasteiger charge is 2.10. The standard InChI is InChI=1S/C15H27N3O/c1-5-14(16-6-2)15-9-8-13(12-17-15)18(7-3)10-11-19-4/h8-9,12,14,16H,5-7,10-11H2,1-4H3. The van der Waals surface area contributed by atoms with Gasteiger partial charge in [-0.3, -0.25) is 4.98 Å². The van der Waals surface area contributed by atoms with Crippen LogP contribution in [0.4, 0.5) is 5.69 Å². The first-order valence-electron chi connectivity index (χ1n) is 7.19. The van der Waals surface area contributed by atoms with Crippen molar-refractivity contribution in [2.45, 2.75) is 33.2 Å². The maximum absolute atomic E-state index is 5.13. The van der Waals surface area contributed by atoms with E-state index < -0.39 is 0 Å². The Balaban J connectivity index is 2.73. The van der Waals surface area contributed by atoms with E-state index in [0.29, 0.717) is 6.04 Å². The van der Waals surface area contributed by atoms with Gasteiger partial charge in [-0.2, -0.15) is 0 Å². The van der Waals surface area contributed by atoms with Crippen molar-refractivity contribution in [3.63, 3.8) is 0 Å². The van der Waals surface area contributed by atoms with Crippen LogP contribution in [0.5, 0.6) is 0 Å². The van der Waals surface area contributed by atoms with Gasteiger partial charge < -0.3 is 15.0 Å². The summed E-state index contributed by atoms with van der Waals surface area (Å²) >= 11 is 0. The first-order chi connectivity index (χ1) is 9.26. The molecule has 0 fully saturated rings. The molecule has 4 heteroatoms. The van der Waals surface area contributed by atoms with Gasteiger partial charge >= 0.3 is 0 Å². The fourth-order valence-electron chi connectivity index (χ4n) is 2.17. The van der Waals surface area contributed by atoms with Crippen molar-refractivity contribution < 1.29 is 4.74 Å². The average molecular weight is 265 g/mol. The zero-order chi connectivity index (χ0) is 14.1. The predicted molar refractivity (Wildman–Crippen MR) is 80.7 cm³/mol. The van der Waals surface area contributed by atoms with Crippen molar-refractivity contribution >= 4 is 5.69 Å². The summed E-state index contributed by atoms with van der Waals surface area (Å²) in [6, 6.07) is 4.64. The lowest BCUT2D eigenvalue weighted by Gasteiger charge is -2.23. The first kappa shape index (κ1) is 15.9. The number of methoxy groups -OCH3 is 1. The summed E-state index contributed by atoms with van der Waals surface area (Å²) in [5, 5.41) is 3.45. The number of hydrogen-bond donors (Lipinski definition) is 1. The molecule has 0 radical (unpaired) electrons. The van der Waals surface area contributed by atoms with E-state index in [4.69, 9.17) is 4.74 Å². The maximum atomic E-state index is 5.13. The summed E-state index contributed by atoms with van der Waals surface area (Å²) in [6.45, 7) is 10.0. The number of pyridine rings is 1. The minimum atomic E-state index is 0.355. The second-order valence-electron chi connectivity index (χ2n) is 4.53. The first-order valence-corrected chi connectivity index (χ1v) is 7.19. The lowest BCUT2D eigenvalue weighted by atomic mass is 10.1. The molecule has 108 valence electrons. The number of nitrogens with one attached hydrogen (secondary N) is 1. The topological polar surface area (TPSA) is 37.4 Å². The molecule has 0 aliphatic heterocycles. The fraction of sp³-hybridized carbons (Fsp3) is 0.667. The van der Waals surface area contributed by atoms with E-state index in [1.807, 2.05) is 6.20 Å². The van der Waals surface area contributed by atoms with Gasteiger partial charge in [0.2, 0.25) is 0 Å². The van der Waals surface area contributed by atoms with E-state index in [-0.39, 0.29) is 0 Å². The minimum absolute atomic E-state index is 0.355. The monoisotopic (exact) mass is 265 g/mol. The Hall–Kier alpha value is -1.13. The molecule has 0 spiro atoms. The molecule has 0 bridgehead atoms. The summed E-state index contributed by atoms with van der Waals surface area (Å²) in [5.74, 6) is 0. The third-order valence-corrected chi connectivity index (χ3v) is 3.30. The molecule has 1 N–H and O–H groups in total. The molecule has 0 amide bonds. The number of aromatic nitrogens is 1. The van der Waals surface area contributed by atoms with Crippen LogP contribution in [0.2, 0.25) is 0 Å². The van der Waals surface area contributed by atoms with Crippen molar-refractivity contribution in [1.82, 2.24) is 10.3 Å². The number of ether oxygens (including phenoxy) is 1. The molecule has 19 heavy (non-hydrogen) atoms. The van der Waals surface area contributed by atoms with Gasteiger partial charge in [-0.05, 0) is 32.0 Å². The quantitative estimate of drug-likeness (QED) is 0.745. The van der Waals surface area contributed by atoms with Crippen LogP contribution in [0.15, 0.2) is 18.3 Å². The zero-order valence-electron chi connectivity index (χ0n) is 12.6. The summed E-state index contributed by atoms with van der Waals surface area (Å²) < 4.78 is 5.13. The van der Waals surface area contributed by atoms with E-state index in [1.165, 1.54) is 0 Å². The number of anilines is 1. The Kier molecular flexibility index (Phi) is 7.45. The summed E-state index contributed by atoms with van der Waals surface area (Å²) in [6.07, 6.45) is 3.02. The molecular formula is C15H27N3O. The minimum Gasteiger partial charge on any atom is -0.383 e. The third kappa shape index (κ3) is 4.80. The van der Waals surface area contributed by atoms with Gasteiger partial charge in [0.1, 0.15) is 0 Å². The largest absolute Gasteiger partial charge is 0.383 e. The lowest BCUT2D eigenvalue weighted by Crippen LogP contribution is -2.27. The van der Waals surface area contributed by atoms with Crippen LogP contribution in [-0.2, 0) is 4.74 Å². The summed E-state index contributed by atoms with van der Waals surface area (Å²) in [4.78, 5) is 6.87. The lowest BCUT2D eigenvalue weighted by molar-refractivity contribution is 0.205. The Morgan fingerprint density at radius 2 is 2.11 bits per heavy atom. The second kappa shape index (κ2) is 8.88. The second-order valence-corrected chi connectivity index (χ2v) is 4.53. The van der Waals surface area contributed by atoms with E-state index in [2.05, 4.69) is 48.1 Å². The highest BCUT2D eigenvalue weighted by molar-refractivity contribution is 5.44. The zero-order valence-corrected chi connectivity index (χ0v) is 12.6. The van der Waals surface area contributed by atoms with E-state index >= 15 is 0 Å². The molecule has 4 nitrogen and oxygen atoms in total. The van der Waals surface area contributed by atoms with Crippen molar-refractivity contribution in [2.75, 3.05) is 38.3 Å². The Morgan fingerprint density at radius 3 is 2.58 bits per heavy atom. The third-order valence-electron chi connectivity index (χ3n) is 3.30. The van der Waals surface area contributed by atoms with Gasteiger partial charge in [-0.15, -0.1) is 0 Å². The van der Waals surface area contributed by atoms with Crippen LogP contribution in [0.1, 0.15) is 38.9 Å². The number of nitrogens with zero attached hydrogens (tertiary/aromatic N) is 2. The number of likely N-dealkylation sites (N-methyl/N-ethyl adjacent to an activating group) is 1. The number of hydrogen-bond acceptors (Lipinski definition) is 4. The molecule has 0 aliphatic rings. The van der Waals surface area contributed by atoms with Crippen LogP contribution >= 0.6 is 0 Å². The molecule has 0 saturated heterocycles. The molecule has 1 atom stereocenters. The maximum Gasteiger partial charge on any atom is 0.0637 e. The van der Waals surface area contributed by atoms with Gasteiger partial charge in [0.05, 0.1) is 24.2 Å². The Labute approximate surface area is 117 Å². The molecule has 1 rings (SSSR count). The van der Waals surface area contributed by atoms with Gasteiger partial charge in [-0.25, -0.2) is 0 Å². The van der Waals surface area contributed by atoms with Gasteiger partial charge in [-0.1, -0.05) is 13.8 Å². The van der Waals surface area contributed by atoms with Crippen LogP contribution in [0.3, 0.4) is 0 Å².